The molecule has 0 atom stereocenters. The van der Waals surface area contributed by atoms with Crippen molar-refractivity contribution in [1.29, 1.82) is 0 Å². The van der Waals surface area contributed by atoms with Gasteiger partial charge in [0.1, 0.15) is 0 Å². The summed E-state index contributed by atoms with van der Waals surface area (Å²) in [5.41, 5.74) is 16.4. The zero-order chi connectivity index (χ0) is 33.5. The van der Waals surface area contributed by atoms with E-state index >= 15 is 0 Å². The normalized spacial score (nSPS) is 15.1. The van der Waals surface area contributed by atoms with Crippen LogP contribution in [0.15, 0.2) is 146 Å². The van der Waals surface area contributed by atoms with Crippen LogP contribution in [0.2, 0.25) is 0 Å². The smallest absolute Gasteiger partial charge is 0.0159 e. The Kier molecular flexibility index (Phi) is 5.34. The lowest BCUT2D eigenvalue weighted by molar-refractivity contribution is 0.639. The van der Waals surface area contributed by atoms with E-state index in [0.717, 1.165) is 0 Å². The van der Waals surface area contributed by atoms with Gasteiger partial charge in [-0.25, -0.2) is 0 Å². The molecular weight excluding hydrogens is 601 g/mol. The first kappa shape index (κ1) is 28.2. The van der Waals surface area contributed by atoms with Gasteiger partial charge in [0.15, 0.2) is 0 Å². The third-order valence-corrected chi connectivity index (χ3v) is 12.4. The summed E-state index contributed by atoms with van der Waals surface area (Å²) in [5.74, 6) is 0. The van der Waals surface area contributed by atoms with Gasteiger partial charge in [-0.05, 0) is 110 Å². The molecule has 0 aliphatic heterocycles. The number of hydrogen-bond acceptors (Lipinski definition) is 0. The maximum absolute atomic E-state index is 2.57. The first-order valence-corrected chi connectivity index (χ1v) is 17.9. The van der Waals surface area contributed by atoms with Crippen LogP contribution in [0.4, 0.5) is 0 Å². The lowest BCUT2D eigenvalue weighted by Crippen LogP contribution is -2.19. The fourth-order valence-corrected chi connectivity index (χ4v) is 9.99. The molecule has 0 heteroatoms. The summed E-state index contributed by atoms with van der Waals surface area (Å²) in [6.07, 6.45) is 0. The Labute approximate surface area is 293 Å². The van der Waals surface area contributed by atoms with Gasteiger partial charge in [0.05, 0.1) is 0 Å². The maximum Gasteiger partial charge on any atom is 0.0159 e. The minimum atomic E-state index is -0.0995. The molecular formula is C50H36. The molecule has 0 saturated heterocycles. The van der Waals surface area contributed by atoms with Crippen molar-refractivity contribution in [2.75, 3.05) is 0 Å². The Morgan fingerprint density at radius 2 is 0.760 bits per heavy atom. The average Bonchev–Trinajstić information content (AvgIpc) is 3.52. The predicted molar refractivity (Wildman–Crippen MR) is 214 cm³/mol. The third kappa shape index (κ3) is 3.41. The molecule has 236 valence electrons. The molecule has 0 nitrogen and oxygen atoms in total. The molecule has 0 N–H and O–H groups in total. The molecule has 2 aliphatic rings. The summed E-state index contributed by atoms with van der Waals surface area (Å²) in [5, 5.41) is 10.5. The maximum atomic E-state index is 2.57. The van der Waals surface area contributed by atoms with Crippen LogP contribution in [0.1, 0.15) is 49.9 Å². The SMILES string of the molecule is CC1(C)c2ccccc2-c2c1cc1c(c2-c2ccc3ccc4c(-c5cccc6ccccc56)ccc5ccc2c3c54)-c2ccccc2C1(C)C. The molecule has 11 rings (SSSR count). The van der Waals surface area contributed by atoms with Crippen LogP contribution in [0.3, 0.4) is 0 Å². The summed E-state index contributed by atoms with van der Waals surface area (Å²) in [4.78, 5) is 0. The van der Waals surface area contributed by atoms with E-state index in [1.54, 1.807) is 0 Å². The quantitative estimate of drug-likeness (QED) is 0.166. The van der Waals surface area contributed by atoms with Crippen molar-refractivity contribution in [3.05, 3.63) is 168 Å². The first-order valence-electron chi connectivity index (χ1n) is 17.9. The van der Waals surface area contributed by atoms with Gasteiger partial charge in [0, 0.05) is 10.8 Å². The molecule has 50 heavy (non-hydrogen) atoms. The monoisotopic (exact) mass is 636 g/mol. The van der Waals surface area contributed by atoms with Gasteiger partial charge in [-0.2, -0.15) is 0 Å². The Bertz CT molecular complexity index is 2830. The standard InChI is InChI=1S/C50H36/c1-49(2)40-18-9-7-15-38(40)46-42(49)28-43-47(39-16-8-10-19-41(39)50(43,3)4)48(46)37-27-23-31-21-25-35-34(24-20-30-22-26-36(37)45(31)44(30)35)33-17-11-13-29-12-5-6-14-32(29)33/h5-28H,1-4H3. The van der Waals surface area contributed by atoms with Crippen molar-refractivity contribution in [2.45, 2.75) is 38.5 Å². The highest BCUT2D eigenvalue weighted by molar-refractivity contribution is 6.29. The topological polar surface area (TPSA) is 0 Å². The van der Waals surface area contributed by atoms with E-state index in [1.807, 2.05) is 0 Å². The van der Waals surface area contributed by atoms with E-state index in [-0.39, 0.29) is 10.8 Å². The molecule has 0 heterocycles. The summed E-state index contributed by atoms with van der Waals surface area (Å²) < 4.78 is 0. The Balaban J connectivity index is 1.29. The molecule has 9 aromatic carbocycles. The zero-order valence-electron chi connectivity index (χ0n) is 28.9. The highest BCUT2D eigenvalue weighted by Gasteiger charge is 2.44. The van der Waals surface area contributed by atoms with E-state index in [9.17, 15) is 0 Å². The minimum absolute atomic E-state index is 0.0995. The van der Waals surface area contributed by atoms with E-state index in [4.69, 9.17) is 0 Å². The van der Waals surface area contributed by atoms with Gasteiger partial charge in [-0.3, -0.25) is 0 Å². The van der Waals surface area contributed by atoms with Crippen LogP contribution in [0, 0.1) is 0 Å². The average molecular weight is 637 g/mol. The summed E-state index contributed by atoms with van der Waals surface area (Å²) in [7, 11) is 0. The van der Waals surface area contributed by atoms with Crippen molar-refractivity contribution in [1.82, 2.24) is 0 Å². The second-order valence-corrected chi connectivity index (χ2v) is 15.6. The van der Waals surface area contributed by atoms with Crippen LogP contribution in [-0.4, -0.2) is 0 Å². The lowest BCUT2D eigenvalue weighted by atomic mass is 9.75. The van der Waals surface area contributed by atoms with Crippen molar-refractivity contribution in [2.24, 2.45) is 0 Å². The van der Waals surface area contributed by atoms with Crippen LogP contribution in [0.5, 0.6) is 0 Å². The molecule has 0 bridgehead atoms. The van der Waals surface area contributed by atoms with Crippen LogP contribution >= 0.6 is 0 Å². The molecule has 0 radical (unpaired) electrons. The summed E-state index contributed by atoms with van der Waals surface area (Å²) in [6.45, 7) is 9.67. The second-order valence-electron chi connectivity index (χ2n) is 15.6. The largest absolute Gasteiger partial charge is 0.0619 e. The summed E-state index contributed by atoms with van der Waals surface area (Å²) in [6, 6.07) is 55.3. The van der Waals surface area contributed by atoms with Gasteiger partial charge in [-0.15, -0.1) is 0 Å². The van der Waals surface area contributed by atoms with Gasteiger partial charge in [0.2, 0.25) is 0 Å². The molecule has 9 aromatic rings. The molecule has 0 unspecified atom stereocenters. The van der Waals surface area contributed by atoms with E-state index in [2.05, 4.69) is 173 Å². The van der Waals surface area contributed by atoms with Gasteiger partial charge in [-0.1, -0.05) is 173 Å². The fraction of sp³-hybridized carbons (Fsp3) is 0.120. The highest BCUT2D eigenvalue weighted by atomic mass is 14.5. The van der Waals surface area contributed by atoms with Crippen LogP contribution < -0.4 is 0 Å². The molecule has 2 aliphatic carbocycles. The molecule has 0 spiro atoms. The summed E-state index contributed by atoms with van der Waals surface area (Å²) >= 11 is 0. The highest BCUT2D eigenvalue weighted by Crippen LogP contribution is 2.61. The van der Waals surface area contributed by atoms with E-state index in [1.165, 1.54) is 110 Å². The molecule has 0 fully saturated rings. The number of fused-ring (bicyclic) bond motifs is 7. The van der Waals surface area contributed by atoms with E-state index < -0.39 is 0 Å². The van der Waals surface area contributed by atoms with E-state index in [0.29, 0.717) is 0 Å². The second kappa shape index (κ2) is 9.49. The number of rotatable bonds is 2. The third-order valence-electron chi connectivity index (χ3n) is 12.4. The zero-order valence-corrected chi connectivity index (χ0v) is 28.9. The minimum Gasteiger partial charge on any atom is -0.0619 e. The van der Waals surface area contributed by atoms with Gasteiger partial charge in [0.25, 0.3) is 0 Å². The predicted octanol–water partition coefficient (Wildman–Crippen LogP) is 13.7. The van der Waals surface area contributed by atoms with Crippen LogP contribution in [-0.2, 0) is 10.8 Å². The fourth-order valence-electron chi connectivity index (χ4n) is 9.99. The van der Waals surface area contributed by atoms with Crippen LogP contribution in [0.25, 0.3) is 87.6 Å². The first-order chi connectivity index (χ1) is 24.3. The number of hydrogen-bond donors (Lipinski definition) is 0. The van der Waals surface area contributed by atoms with Crippen molar-refractivity contribution >= 4 is 43.1 Å². The van der Waals surface area contributed by atoms with Crippen molar-refractivity contribution in [3.63, 3.8) is 0 Å². The molecule has 0 aromatic heterocycles. The number of benzene rings is 9. The molecule has 0 amide bonds. The van der Waals surface area contributed by atoms with Gasteiger partial charge >= 0.3 is 0 Å². The lowest BCUT2D eigenvalue weighted by Gasteiger charge is -2.27. The Morgan fingerprint density at radius 3 is 1.40 bits per heavy atom. The van der Waals surface area contributed by atoms with Gasteiger partial charge < -0.3 is 0 Å². The molecule has 0 saturated carbocycles. The Hall–Kier alpha value is -5.72. The Morgan fingerprint density at radius 1 is 0.300 bits per heavy atom. The van der Waals surface area contributed by atoms with Crippen molar-refractivity contribution in [3.8, 4) is 44.5 Å². The van der Waals surface area contributed by atoms with Crippen molar-refractivity contribution < 1.29 is 0 Å².